The van der Waals surface area contributed by atoms with E-state index in [1.165, 1.54) is 10.8 Å². The molecule has 4 aromatic rings. The lowest BCUT2D eigenvalue weighted by Gasteiger charge is -2.17. The van der Waals surface area contributed by atoms with Gasteiger partial charge in [-0.3, -0.25) is 14.3 Å². The summed E-state index contributed by atoms with van der Waals surface area (Å²) in [7, 11) is 0. The lowest BCUT2D eigenvalue weighted by Crippen LogP contribution is -2.23. The Morgan fingerprint density at radius 3 is 2.49 bits per heavy atom. The molecule has 0 aliphatic heterocycles. The number of rotatable bonds is 6. The number of halogens is 3. The summed E-state index contributed by atoms with van der Waals surface area (Å²) >= 11 is 18.5. The summed E-state index contributed by atoms with van der Waals surface area (Å²) in [4.78, 5) is 21.9. The summed E-state index contributed by atoms with van der Waals surface area (Å²) in [6.07, 6.45) is 4.81. The summed E-state index contributed by atoms with van der Waals surface area (Å²) < 4.78 is 8.80. The zero-order chi connectivity index (χ0) is 25.5. The number of nitrogens with zero attached hydrogens (tertiary/aromatic N) is 5. The van der Waals surface area contributed by atoms with Crippen molar-refractivity contribution >= 4 is 34.8 Å². The first-order valence-electron chi connectivity index (χ1n) is 10.6. The van der Waals surface area contributed by atoms with Gasteiger partial charge in [-0.15, -0.1) is 0 Å². The van der Waals surface area contributed by atoms with E-state index in [-0.39, 0.29) is 17.4 Å². The predicted molar refractivity (Wildman–Crippen MR) is 135 cm³/mol. The molecule has 0 unspecified atom stereocenters. The van der Waals surface area contributed by atoms with Crippen LogP contribution in [0.1, 0.15) is 36.5 Å². The quantitative estimate of drug-likeness (QED) is 0.365. The molecule has 182 valence electrons. The predicted octanol–water partition coefficient (Wildman–Crippen LogP) is 5.20. The van der Waals surface area contributed by atoms with Crippen LogP contribution in [0, 0.1) is 13.8 Å². The standard InChI is InChI=1S/C24H22Cl3N5O3/c1-13-10-29-21(31-6-5-20(30-31)24(3,4)34)9-18(13)32-14(2)7-19(22(27)23(32)33)35-12-17-16(26)8-15(25)11-28-17/h5-11,34H,12H2,1-4H3. The Balaban J connectivity index is 1.70. The topological polar surface area (TPSA) is 95.1 Å². The fourth-order valence-electron chi connectivity index (χ4n) is 3.43. The average molecular weight is 535 g/mol. The fourth-order valence-corrected chi connectivity index (χ4v) is 4.06. The molecule has 0 bridgehead atoms. The van der Waals surface area contributed by atoms with Gasteiger partial charge in [-0.25, -0.2) is 9.67 Å². The van der Waals surface area contributed by atoms with Crippen LogP contribution in [0.4, 0.5) is 0 Å². The third-order valence-corrected chi connectivity index (χ3v) is 6.18. The maximum atomic E-state index is 13.3. The average Bonchev–Trinajstić information content (AvgIpc) is 3.28. The van der Waals surface area contributed by atoms with Crippen LogP contribution in [0.3, 0.4) is 0 Å². The molecule has 0 saturated carbocycles. The van der Waals surface area contributed by atoms with Crippen molar-refractivity contribution in [1.82, 2.24) is 24.3 Å². The molecule has 11 heteroatoms. The van der Waals surface area contributed by atoms with E-state index in [4.69, 9.17) is 39.5 Å². The van der Waals surface area contributed by atoms with E-state index in [9.17, 15) is 9.90 Å². The van der Waals surface area contributed by atoms with Gasteiger partial charge in [-0.2, -0.15) is 5.10 Å². The van der Waals surface area contributed by atoms with Crippen molar-refractivity contribution in [3.05, 3.63) is 90.9 Å². The van der Waals surface area contributed by atoms with E-state index in [0.717, 1.165) is 5.56 Å². The molecular formula is C24H22Cl3N5O3. The number of pyridine rings is 3. The Morgan fingerprint density at radius 1 is 1.09 bits per heavy atom. The van der Waals surface area contributed by atoms with Crippen molar-refractivity contribution in [2.75, 3.05) is 0 Å². The van der Waals surface area contributed by atoms with Crippen LogP contribution < -0.4 is 10.3 Å². The molecule has 0 atom stereocenters. The highest BCUT2D eigenvalue weighted by molar-refractivity contribution is 6.34. The van der Waals surface area contributed by atoms with Gasteiger partial charge in [0.1, 0.15) is 23.0 Å². The molecule has 1 N–H and O–H groups in total. The lowest BCUT2D eigenvalue weighted by molar-refractivity contribution is 0.0734. The molecule has 0 aromatic carbocycles. The van der Waals surface area contributed by atoms with Crippen LogP contribution in [0.15, 0.2) is 47.7 Å². The summed E-state index contributed by atoms with van der Waals surface area (Å²) in [5, 5.41) is 15.3. The molecule has 4 heterocycles. The number of ether oxygens (including phenoxy) is 1. The maximum Gasteiger partial charge on any atom is 0.277 e. The molecule has 35 heavy (non-hydrogen) atoms. The molecule has 0 fully saturated rings. The first kappa shape index (κ1) is 25.2. The summed E-state index contributed by atoms with van der Waals surface area (Å²) in [5.74, 6) is 0.694. The largest absolute Gasteiger partial charge is 0.485 e. The minimum Gasteiger partial charge on any atom is -0.485 e. The van der Waals surface area contributed by atoms with Crippen LogP contribution in [-0.4, -0.2) is 29.4 Å². The van der Waals surface area contributed by atoms with Gasteiger partial charge < -0.3 is 9.84 Å². The molecule has 0 spiro atoms. The Kier molecular flexibility index (Phi) is 6.92. The minimum atomic E-state index is -1.10. The molecule has 8 nitrogen and oxygen atoms in total. The molecule has 0 amide bonds. The van der Waals surface area contributed by atoms with E-state index in [1.54, 1.807) is 62.1 Å². The van der Waals surface area contributed by atoms with Gasteiger partial charge in [0.25, 0.3) is 5.56 Å². The van der Waals surface area contributed by atoms with Crippen molar-refractivity contribution in [1.29, 1.82) is 0 Å². The molecule has 4 aromatic heterocycles. The first-order valence-corrected chi connectivity index (χ1v) is 11.7. The van der Waals surface area contributed by atoms with Crippen molar-refractivity contribution < 1.29 is 9.84 Å². The number of hydrogen-bond donors (Lipinski definition) is 1. The molecule has 0 aliphatic rings. The fraction of sp³-hybridized carbons (Fsp3) is 0.250. The summed E-state index contributed by atoms with van der Waals surface area (Å²) in [6, 6.07) is 6.68. The van der Waals surface area contributed by atoms with Crippen molar-refractivity contribution in [2.45, 2.75) is 39.9 Å². The first-order chi connectivity index (χ1) is 16.5. The van der Waals surface area contributed by atoms with Crippen LogP contribution in [0.5, 0.6) is 5.75 Å². The SMILES string of the molecule is Cc1cnc(-n2ccc(C(C)(C)O)n2)cc1-n1c(C)cc(OCc2ncc(Cl)cc2Cl)c(Cl)c1=O. The molecule has 4 rings (SSSR count). The zero-order valence-corrected chi connectivity index (χ0v) is 21.7. The van der Waals surface area contributed by atoms with Gasteiger partial charge in [-0.1, -0.05) is 34.8 Å². The van der Waals surface area contributed by atoms with Crippen LogP contribution in [0.25, 0.3) is 11.5 Å². The van der Waals surface area contributed by atoms with E-state index in [0.29, 0.717) is 38.6 Å². The van der Waals surface area contributed by atoms with E-state index < -0.39 is 11.2 Å². The van der Waals surface area contributed by atoms with Crippen LogP contribution in [0.2, 0.25) is 15.1 Å². The molecule has 0 saturated heterocycles. The van der Waals surface area contributed by atoms with Gasteiger partial charge in [0.15, 0.2) is 5.82 Å². The minimum absolute atomic E-state index is 0.0138. The van der Waals surface area contributed by atoms with Gasteiger partial charge in [0.2, 0.25) is 0 Å². The van der Waals surface area contributed by atoms with Gasteiger partial charge in [-0.05, 0) is 45.4 Å². The zero-order valence-electron chi connectivity index (χ0n) is 19.4. The van der Waals surface area contributed by atoms with Gasteiger partial charge in [0, 0.05) is 36.4 Å². The normalized spacial score (nSPS) is 11.7. The third-order valence-electron chi connectivity index (χ3n) is 5.30. The highest BCUT2D eigenvalue weighted by atomic mass is 35.5. The summed E-state index contributed by atoms with van der Waals surface area (Å²) in [5.41, 5.74) is 1.37. The number of hydrogen-bond acceptors (Lipinski definition) is 6. The van der Waals surface area contributed by atoms with Crippen molar-refractivity contribution in [3.63, 3.8) is 0 Å². The highest BCUT2D eigenvalue weighted by Crippen LogP contribution is 2.27. The summed E-state index contributed by atoms with van der Waals surface area (Å²) in [6.45, 7) is 6.94. The van der Waals surface area contributed by atoms with E-state index in [2.05, 4.69) is 15.1 Å². The Labute approximate surface area is 216 Å². The second-order valence-corrected chi connectivity index (χ2v) is 9.73. The number of aliphatic hydroxyl groups is 1. The second kappa shape index (κ2) is 9.62. The van der Waals surface area contributed by atoms with Crippen molar-refractivity contribution in [2.24, 2.45) is 0 Å². The second-order valence-electron chi connectivity index (χ2n) is 8.51. The smallest absolute Gasteiger partial charge is 0.277 e. The molecular weight excluding hydrogens is 513 g/mol. The number of aromatic nitrogens is 5. The van der Waals surface area contributed by atoms with Crippen LogP contribution >= 0.6 is 34.8 Å². The van der Waals surface area contributed by atoms with Gasteiger partial charge in [0.05, 0.1) is 27.1 Å². The Hall–Kier alpha value is -2.91. The monoisotopic (exact) mass is 533 g/mol. The Morgan fingerprint density at radius 2 is 1.83 bits per heavy atom. The maximum absolute atomic E-state index is 13.3. The van der Waals surface area contributed by atoms with Crippen LogP contribution in [-0.2, 0) is 12.2 Å². The number of aryl methyl sites for hydroxylation is 2. The van der Waals surface area contributed by atoms with Gasteiger partial charge >= 0.3 is 0 Å². The van der Waals surface area contributed by atoms with E-state index in [1.807, 2.05) is 6.92 Å². The van der Waals surface area contributed by atoms with E-state index >= 15 is 0 Å². The highest BCUT2D eigenvalue weighted by Gasteiger charge is 2.21. The Bertz CT molecular complexity index is 1470. The molecule has 0 aliphatic carbocycles. The third kappa shape index (κ3) is 5.21. The van der Waals surface area contributed by atoms with Crippen molar-refractivity contribution in [3.8, 4) is 17.3 Å². The molecule has 0 radical (unpaired) electrons. The lowest BCUT2D eigenvalue weighted by atomic mass is 10.1.